The Balaban J connectivity index is 1.83. The van der Waals surface area contributed by atoms with Crippen molar-refractivity contribution in [2.45, 2.75) is 45.6 Å². The average Bonchev–Trinajstić information content (AvgIpc) is 3.38. The number of aromatic hydroxyl groups is 1. The van der Waals surface area contributed by atoms with Crippen molar-refractivity contribution in [1.82, 2.24) is 14.9 Å². The summed E-state index contributed by atoms with van der Waals surface area (Å²) in [5, 5.41) is 13.3. The topological polar surface area (TPSA) is 93.5 Å². The lowest BCUT2D eigenvalue weighted by Crippen LogP contribution is -2.24. The predicted octanol–water partition coefficient (Wildman–Crippen LogP) is 7.40. The minimum atomic E-state index is -0.247. The van der Waals surface area contributed by atoms with E-state index in [1.165, 1.54) is 7.11 Å². The first-order valence-corrected chi connectivity index (χ1v) is 14.1. The number of carbonyl (C=O) groups is 2. The van der Waals surface area contributed by atoms with Gasteiger partial charge < -0.3 is 19.7 Å². The zero-order valence-electron chi connectivity index (χ0n) is 24.2. The van der Waals surface area contributed by atoms with Crippen LogP contribution in [-0.2, 0) is 11.3 Å². The van der Waals surface area contributed by atoms with E-state index in [1.807, 2.05) is 54.0 Å². The smallest absolute Gasteiger partial charge is 0.255 e. The van der Waals surface area contributed by atoms with Gasteiger partial charge in [0.15, 0.2) is 17.3 Å². The number of nitrogens with zero attached hydrogens (tertiary/aromatic N) is 2. The van der Waals surface area contributed by atoms with Crippen molar-refractivity contribution in [3.05, 3.63) is 108 Å². The number of carbonyl (C=O) groups excluding carboxylic acids is 2. The zero-order valence-corrected chi connectivity index (χ0v) is 24.2. The highest BCUT2D eigenvalue weighted by atomic mass is 16.5. The van der Waals surface area contributed by atoms with Gasteiger partial charge in [0.05, 0.1) is 23.8 Å². The van der Waals surface area contributed by atoms with E-state index in [1.54, 1.807) is 36.4 Å². The molecule has 0 bridgehead atoms. The number of imidazole rings is 1. The molecule has 0 unspecified atom stereocenters. The fourth-order valence-electron chi connectivity index (χ4n) is 4.86. The molecular formula is C35H37N3O4. The Hall–Kier alpha value is -4.91. The molecule has 0 spiro atoms. The molecule has 4 aromatic rings. The molecule has 0 radical (unpaired) electrons. The van der Waals surface area contributed by atoms with Gasteiger partial charge in [-0.05, 0) is 60.7 Å². The predicted molar refractivity (Wildman–Crippen MR) is 169 cm³/mol. The summed E-state index contributed by atoms with van der Waals surface area (Å²) in [6, 6.07) is 18.2. The van der Waals surface area contributed by atoms with Crippen molar-refractivity contribution >= 4 is 40.6 Å². The van der Waals surface area contributed by atoms with Crippen molar-refractivity contribution in [2.75, 3.05) is 7.11 Å². The van der Waals surface area contributed by atoms with Gasteiger partial charge in [-0.1, -0.05) is 68.6 Å². The fourth-order valence-corrected chi connectivity index (χ4v) is 4.86. The molecule has 0 aliphatic rings. The van der Waals surface area contributed by atoms with E-state index in [4.69, 9.17) is 9.72 Å². The SMILES string of the molecule is C=Cc1ccc2c(nc(/C(=C/CCCCC(=O)CC)NC(=O)c3ccccc3)n2Cc2ccc(O)c(OC)c2)c1C=C. The zero-order chi connectivity index (χ0) is 30.1. The number of phenolic OH excluding ortho intramolecular Hbond substituents is 1. The van der Waals surface area contributed by atoms with Gasteiger partial charge in [-0.2, -0.15) is 0 Å². The van der Waals surface area contributed by atoms with E-state index in [9.17, 15) is 14.7 Å². The van der Waals surface area contributed by atoms with E-state index >= 15 is 0 Å². The van der Waals surface area contributed by atoms with E-state index in [-0.39, 0.29) is 17.4 Å². The Kier molecular flexibility index (Phi) is 10.1. The summed E-state index contributed by atoms with van der Waals surface area (Å²) in [4.78, 5) is 30.2. The van der Waals surface area contributed by atoms with Crippen LogP contribution in [0.25, 0.3) is 28.9 Å². The third-order valence-electron chi connectivity index (χ3n) is 7.18. The van der Waals surface area contributed by atoms with Crippen LogP contribution in [0.5, 0.6) is 11.5 Å². The first-order chi connectivity index (χ1) is 20.4. The highest BCUT2D eigenvalue weighted by Crippen LogP contribution is 2.31. The van der Waals surface area contributed by atoms with Crippen molar-refractivity contribution < 1.29 is 19.4 Å². The maximum absolute atomic E-state index is 13.4. The maximum atomic E-state index is 13.4. The van der Waals surface area contributed by atoms with Gasteiger partial charge in [-0.25, -0.2) is 4.98 Å². The average molecular weight is 564 g/mol. The van der Waals surface area contributed by atoms with Crippen LogP contribution in [0.4, 0.5) is 0 Å². The lowest BCUT2D eigenvalue weighted by atomic mass is 10.1. The number of Topliss-reactive ketones (excluding diaryl/α,β-unsaturated/α-hetero) is 1. The number of phenols is 1. The van der Waals surface area contributed by atoms with Crippen molar-refractivity contribution in [3.63, 3.8) is 0 Å². The Bertz CT molecular complexity index is 1630. The number of allylic oxidation sites excluding steroid dienone is 1. The van der Waals surface area contributed by atoms with Gasteiger partial charge in [0, 0.05) is 30.5 Å². The summed E-state index contributed by atoms with van der Waals surface area (Å²) in [7, 11) is 1.51. The quantitative estimate of drug-likeness (QED) is 0.156. The molecule has 1 aromatic heterocycles. The molecule has 0 atom stereocenters. The minimum Gasteiger partial charge on any atom is -0.504 e. The van der Waals surface area contributed by atoms with Crippen LogP contribution in [0, 0.1) is 0 Å². The molecule has 7 nitrogen and oxygen atoms in total. The van der Waals surface area contributed by atoms with Crippen LogP contribution in [0.3, 0.4) is 0 Å². The van der Waals surface area contributed by atoms with Crippen molar-refractivity contribution in [1.29, 1.82) is 0 Å². The van der Waals surface area contributed by atoms with Gasteiger partial charge in [0.1, 0.15) is 5.78 Å². The molecule has 42 heavy (non-hydrogen) atoms. The van der Waals surface area contributed by atoms with E-state index < -0.39 is 0 Å². The third-order valence-corrected chi connectivity index (χ3v) is 7.18. The number of ether oxygens (including phenoxy) is 1. The van der Waals surface area contributed by atoms with Crippen LogP contribution >= 0.6 is 0 Å². The number of fused-ring (bicyclic) bond motifs is 1. The first kappa shape index (κ1) is 30.1. The summed E-state index contributed by atoms with van der Waals surface area (Å²) < 4.78 is 7.39. The largest absolute Gasteiger partial charge is 0.504 e. The molecule has 4 rings (SSSR count). The van der Waals surface area contributed by atoms with Crippen molar-refractivity contribution in [2.24, 2.45) is 0 Å². The molecular weight excluding hydrogens is 526 g/mol. The number of methoxy groups -OCH3 is 1. The van der Waals surface area contributed by atoms with E-state index in [0.717, 1.165) is 40.6 Å². The van der Waals surface area contributed by atoms with Gasteiger partial charge in [0.2, 0.25) is 0 Å². The summed E-state index contributed by atoms with van der Waals surface area (Å²) >= 11 is 0. The van der Waals surface area contributed by atoms with Gasteiger partial charge in [0.25, 0.3) is 5.91 Å². The van der Waals surface area contributed by atoms with E-state index in [2.05, 4.69) is 18.5 Å². The van der Waals surface area contributed by atoms with Crippen molar-refractivity contribution in [3.8, 4) is 11.5 Å². The molecule has 0 aliphatic heterocycles. The highest BCUT2D eigenvalue weighted by Gasteiger charge is 2.20. The maximum Gasteiger partial charge on any atom is 0.255 e. The normalized spacial score (nSPS) is 11.3. The monoisotopic (exact) mass is 563 g/mol. The molecule has 0 saturated heterocycles. The fraction of sp³-hybridized carbons (Fsp3) is 0.229. The summed E-state index contributed by atoms with van der Waals surface area (Å²) in [5.74, 6) is 1.00. The second-order valence-electron chi connectivity index (χ2n) is 9.95. The number of rotatable bonds is 14. The Morgan fingerprint density at radius 1 is 1.05 bits per heavy atom. The summed E-state index contributed by atoms with van der Waals surface area (Å²) in [6.07, 6.45) is 8.83. The number of unbranched alkanes of at least 4 members (excludes halogenated alkanes) is 2. The Labute approximate surface area is 246 Å². The minimum absolute atomic E-state index is 0.0544. The summed E-state index contributed by atoms with van der Waals surface area (Å²) in [6.45, 7) is 10.2. The lowest BCUT2D eigenvalue weighted by Gasteiger charge is -2.15. The van der Waals surface area contributed by atoms with E-state index in [0.29, 0.717) is 48.6 Å². The molecule has 0 fully saturated rings. The number of hydrogen-bond donors (Lipinski definition) is 2. The molecule has 7 heteroatoms. The Morgan fingerprint density at radius 2 is 1.83 bits per heavy atom. The number of hydrogen-bond acceptors (Lipinski definition) is 5. The second kappa shape index (κ2) is 14.1. The first-order valence-electron chi connectivity index (χ1n) is 14.1. The molecule has 2 N–H and O–H groups in total. The van der Waals surface area contributed by atoms with Crippen LogP contribution in [0.1, 0.15) is 71.9 Å². The second-order valence-corrected chi connectivity index (χ2v) is 9.95. The molecule has 3 aromatic carbocycles. The molecule has 216 valence electrons. The third kappa shape index (κ3) is 6.86. The number of benzene rings is 3. The van der Waals surface area contributed by atoms with Crippen LogP contribution in [-0.4, -0.2) is 33.5 Å². The Morgan fingerprint density at radius 3 is 2.52 bits per heavy atom. The molecule has 1 heterocycles. The molecule has 1 amide bonds. The van der Waals surface area contributed by atoms with Crippen LogP contribution in [0.2, 0.25) is 0 Å². The number of amides is 1. The highest BCUT2D eigenvalue weighted by molar-refractivity contribution is 6.00. The molecule has 0 aliphatic carbocycles. The van der Waals surface area contributed by atoms with Crippen LogP contribution in [0.15, 0.2) is 79.9 Å². The van der Waals surface area contributed by atoms with Gasteiger partial charge in [-0.3, -0.25) is 9.59 Å². The molecule has 0 saturated carbocycles. The number of ketones is 1. The lowest BCUT2D eigenvalue weighted by molar-refractivity contribution is -0.118. The standard InChI is InChI=1S/C35H37N3O4/c1-5-25-19-20-30-33(28(25)7-3)37-34(38(30)23-24-18-21-31(40)32(22-24)42-4)29(17-13-9-12-16-27(39)6-2)36-35(41)26-14-10-8-11-15-26/h5,7-8,10-11,14-15,17-22,40H,1,3,6,9,12-13,16,23H2,2,4H3,(H,36,41)/b29-17-. The number of nitrogens with one attached hydrogen (secondary N) is 1. The number of aromatic nitrogens is 2. The summed E-state index contributed by atoms with van der Waals surface area (Å²) in [5.41, 5.74) is 5.32. The van der Waals surface area contributed by atoms with Gasteiger partial charge in [-0.15, -0.1) is 0 Å². The van der Waals surface area contributed by atoms with Crippen LogP contribution < -0.4 is 10.1 Å². The van der Waals surface area contributed by atoms with Gasteiger partial charge >= 0.3 is 0 Å².